The fourth-order valence-electron chi connectivity index (χ4n) is 2.92. The zero-order valence-corrected chi connectivity index (χ0v) is 12.1. The molecule has 0 unspecified atom stereocenters. The van der Waals surface area contributed by atoms with Gasteiger partial charge in [0.05, 0.1) is 5.01 Å². The van der Waals surface area contributed by atoms with E-state index in [0.717, 1.165) is 50.6 Å². The number of piperidine rings is 1. The van der Waals surface area contributed by atoms with E-state index in [1.165, 1.54) is 4.88 Å². The first-order chi connectivity index (χ1) is 9.22. The van der Waals surface area contributed by atoms with Crippen molar-refractivity contribution in [3.63, 3.8) is 0 Å². The predicted molar refractivity (Wildman–Crippen MR) is 75.3 cm³/mol. The van der Waals surface area contributed by atoms with Gasteiger partial charge < -0.3 is 10.2 Å². The van der Waals surface area contributed by atoms with Crippen LogP contribution in [-0.4, -0.2) is 53.0 Å². The third-order valence-corrected chi connectivity index (χ3v) is 4.83. The fraction of sp³-hybridized carbons (Fsp3) is 0.692. The monoisotopic (exact) mass is 280 g/mol. The number of hydrogen-bond acceptors (Lipinski definition) is 4. The molecule has 1 aromatic rings. The standard InChI is InChI=1S/C13H20N4OS/c1-10-15-8-12(19-10)9-16-5-2-11(3-6-16)17-7-4-14-13(17)18/h8,11H,2-7,9H2,1H3,(H,14,18). The van der Waals surface area contributed by atoms with Gasteiger partial charge in [-0.3, -0.25) is 4.90 Å². The Morgan fingerprint density at radius 3 is 2.79 bits per heavy atom. The molecule has 6 heteroatoms. The lowest BCUT2D eigenvalue weighted by atomic mass is 10.0. The molecule has 2 amide bonds. The maximum atomic E-state index is 11.6. The molecule has 1 aromatic heterocycles. The predicted octanol–water partition coefficient (Wildman–Crippen LogP) is 1.44. The Morgan fingerprint density at radius 1 is 1.42 bits per heavy atom. The van der Waals surface area contributed by atoms with Gasteiger partial charge >= 0.3 is 6.03 Å². The number of carbonyl (C=O) groups is 1. The number of likely N-dealkylation sites (tertiary alicyclic amines) is 1. The first-order valence-electron chi connectivity index (χ1n) is 6.90. The van der Waals surface area contributed by atoms with Crippen molar-refractivity contribution in [2.45, 2.75) is 32.4 Å². The summed E-state index contributed by atoms with van der Waals surface area (Å²) in [5, 5.41) is 4.03. The number of carbonyl (C=O) groups excluding carboxylic acids is 1. The summed E-state index contributed by atoms with van der Waals surface area (Å²) in [5.74, 6) is 0. The van der Waals surface area contributed by atoms with E-state index >= 15 is 0 Å². The van der Waals surface area contributed by atoms with Crippen molar-refractivity contribution < 1.29 is 4.79 Å². The molecule has 2 aliphatic rings. The number of aryl methyl sites for hydroxylation is 1. The van der Waals surface area contributed by atoms with Gasteiger partial charge in [-0.2, -0.15) is 0 Å². The normalized spacial score (nSPS) is 21.9. The molecule has 5 nitrogen and oxygen atoms in total. The van der Waals surface area contributed by atoms with Gasteiger partial charge in [0.25, 0.3) is 0 Å². The fourth-order valence-corrected chi connectivity index (χ4v) is 3.76. The van der Waals surface area contributed by atoms with E-state index in [2.05, 4.69) is 15.2 Å². The van der Waals surface area contributed by atoms with Crippen LogP contribution in [0.25, 0.3) is 0 Å². The Labute approximate surface area is 117 Å². The van der Waals surface area contributed by atoms with Crippen LogP contribution in [0.3, 0.4) is 0 Å². The molecular weight excluding hydrogens is 260 g/mol. The zero-order chi connectivity index (χ0) is 13.2. The maximum Gasteiger partial charge on any atom is 0.317 e. The number of amides is 2. The minimum atomic E-state index is 0.122. The molecule has 19 heavy (non-hydrogen) atoms. The molecule has 0 radical (unpaired) electrons. The van der Waals surface area contributed by atoms with Gasteiger partial charge in [-0.25, -0.2) is 9.78 Å². The lowest BCUT2D eigenvalue weighted by Crippen LogP contribution is -2.45. The summed E-state index contributed by atoms with van der Waals surface area (Å²) >= 11 is 1.78. The van der Waals surface area contributed by atoms with E-state index < -0.39 is 0 Å². The Morgan fingerprint density at radius 2 is 2.21 bits per heavy atom. The molecule has 1 N–H and O–H groups in total. The second kappa shape index (κ2) is 5.46. The van der Waals surface area contributed by atoms with Crippen molar-refractivity contribution in [1.29, 1.82) is 0 Å². The first kappa shape index (κ1) is 12.9. The van der Waals surface area contributed by atoms with Gasteiger partial charge in [0, 0.05) is 49.8 Å². The molecule has 104 valence electrons. The molecule has 2 saturated heterocycles. The van der Waals surface area contributed by atoms with Crippen molar-refractivity contribution in [3.8, 4) is 0 Å². The largest absolute Gasteiger partial charge is 0.336 e. The minimum absolute atomic E-state index is 0.122. The SMILES string of the molecule is Cc1ncc(CN2CCC(N3CCNC3=O)CC2)s1. The summed E-state index contributed by atoms with van der Waals surface area (Å²) in [5.41, 5.74) is 0. The van der Waals surface area contributed by atoms with Gasteiger partial charge in [-0.05, 0) is 19.8 Å². The van der Waals surface area contributed by atoms with E-state index in [1.807, 2.05) is 18.0 Å². The highest BCUT2D eigenvalue weighted by molar-refractivity contribution is 7.11. The lowest BCUT2D eigenvalue weighted by molar-refractivity contribution is 0.132. The highest BCUT2D eigenvalue weighted by Crippen LogP contribution is 2.21. The number of rotatable bonds is 3. The second-order valence-electron chi connectivity index (χ2n) is 5.28. The summed E-state index contributed by atoms with van der Waals surface area (Å²) < 4.78 is 0. The maximum absolute atomic E-state index is 11.6. The van der Waals surface area contributed by atoms with Crippen molar-refractivity contribution in [2.24, 2.45) is 0 Å². The van der Waals surface area contributed by atoms with Crippen molar-refractivity contribution in [1.82, 2.24) is 20.1 Å². The molecular formula is C13H20N4OS. The molecule has 2 fully saturated rings. The molecule has 0 aromatic carbocycles. The second-order valence-corrected chi connectivity index (χ2v) is 6.60. The highest BCUT2D eigenvalue weighted by atomic mass is 32.1. The molecule has 0 spiro atoms. The van der Waals surface area contributed by atoms with E-state index in [-0.39, 0.29) is 6.03 Å². The smallest absolute Gasteiger partial charge is 0.317 e. The third-order valence-electron chi connectivity index (χ3n) is 3.94. The molecule has 0 saturated carbocycles. The van der Waals surface area contributed by atoms with Crippen LogP contribution in [0.5, 0.6) is 0 Å². The number of thiazole rings is 1. The van der Waals surface area contributed by atoms with Crippen LogP contribution in [-0.2, 0) is 6.54 Å². The van der Waals surface area contributed by atoms with Crippen LogP contribution < -0.4 is 5.32 Å². The average molecular weight is 280 g/mol. The highest BCUT2D eigenvalue weighted by Gasteiger charge is 2.30. The van der Waals surface area contributed by atoms with E-state index in [9.17, 15) is 4.79 Å². The van der Waals surface area contributed by atoms with Gasteiger partial charge in [0.2, 0.25) is 0 Å². The number of aromatic nitrogens is 1. The van der Waals surface area contributed by atoms with Crippen molar-refractivity contribution in [2.75, 3.05) is 26.2 Å². The Bertz CT molecular complexity index is 453. The van der Waals surface area contributed by atoms with Crippen LogP contribution in [0, 0.1) is 6.92 Å². The zero-order valence-electron chi connectivity index (χ0n) is 11.3. The summed E-state index contributed by atoms with van der Waals surface area (Å²) in [4.78, 5) is 21.8. The topological polar surface area (TPSA) is 48.5 Å². The van der Waals surface area contributed by atoms with Crippen LogP contribution in [0.1, 0.15) is 22.7 Å². The number of hydrogen-bond donors (Lipinski definition) is 1. The van der Waals surface area contributed by atoms with Gasteiger partial charge in [0.15, 0.2) is 0 Å². The summed E-state index contributed by atoms with van der Waals surface area (Å²) in [7, 11) is 0. The number of nitrogens with one attached hydrogen (secondary N) is 1. The van der Waals surface area contributed by atoms with E-state index in [0.29, 0.717) is 6.04 Å². The summed E-state index contributed by atoms with van der Waals surface area (Å²) in [6.07, 6.45) is 4.16. The lowest BCUT2D eigenvalue weighted by Gasteiger charge is -2.35. The van der Waals surface area contributed by atoms with E-state index in [1.54, 1.807) is 11.3 Å². The summed E-state index contributed by atoms with van der Waals surface area (Å²) in [6, 6.07) is 0.554. The van der Waals surface area contributed by atoms with Crippen LogP contribution in [0.4, 0.5) is 4.79 Å². The number of nitrogens with zero attached hydrogens (tertiary/aromatic N) is 3. The van der Waals surface area contributed by atoms with Crippen LogP contribution in [0.15, 0.2) is 6.20 Å². The Hall–Kier alpha value is -1.14. The quantitative estimate of drug-likeness (QED) is 0.911. The molecule has 0 aliphatic carbocycles. The third kappa shape index (κ3) is 2.90. The van der Waals surface area contributed by atoms with Gasteiger partial charge in [-0.15, -0.1) is 11.3 Å². The van der Waals surface area contributed by atoms with Crippen molar-refractivity contribution >= 4 is 17.4 Å². The molecule has 3 heterocycles. The Balaban J connectivity index is 1.50. The molecule has 3 rings (SSSR count). The summed E-state index contributed by atoms with van der Waals surface area (Å²) in [6.45, 7) is 6.88. The van der Waals surface area contributed by atoms with Gasteiger partial charge in [0.1, 0.15) is 0 Å². The number of urea groups is 1. The molecule has 0 atom stereocenters. The molecule has 2 aliphatic heterocycles. The average Bonchev–Trinajstić information content (AvgIpc) is 3.00. The van der Waals surface area contributed by atoms with Crippen LogP contribution in [0.2, 0.25) is 0 Å². The first-order valence-corrected chi connectivity index (χ1v) is 7.72. The van der Waals surface area contributed by atoms with Crippen molar-refractivity contribution in [3.05, 3.63) is 16.1 Å². The van der Waals surface area contributed by atoms with Gasteiger partial charge in [-0.1, -0.05) is 0 Å². The van der Waals surface area contributed by atoms with Crippen LogP contribution >= 0.6 is 11.3 Å². The van der Waals surface area contributed by atoms with E-state index in [4.69, 9.17) is 0 Å². The molecule has 0 bridgehead atoms. The minimum Gasteiger partial charge on any atom is -0.336 e. The Kier molecular flexibility index (Phi) is 3.70.